The molecule has 9 heteroatoms. The summed E-state index contributed by atoms with van der Waals surface area (Å²) in [5.41, 5.74) is 1.65. The first-order chi connectivity index (χ1) is 9.55. The SMILES string of the molecule is Cl.O=P(O)(O)c1ccc2c(n1)C(N1CCOCC1)CNC2. The molecule has 118 valence electrons. The number of halogens is 1. The monoisotopic (exact) mass is 335 g/mol. The molecule has 3 rings (SSSR count). The van der Waals surface area contributed by atoms with E-state index in [1.54, 1.807) is 6.07 Å². The molecular weight excluding hydrogens is 317 g/mol. The number of aromatic nitrogens is 1. The van der Waals surface area contributed by atoms with Crippen LogP contribution in [0.25, 0.3) is 0 Å². The average molecular weight is 336 g/mol. The third-order valence-corrected chi connectivity index (χ3v) is 4.60. The van der Waals surface area contributed by atoms with Gasteiger partial charge in [-0.1, -0.05) is 6.07 Å². The minimum Gasteiger partial charge on any atom is -0.379 e. The summed E-state index contributed by atoms with van der Waals surface area (Å²) in [6, 6.07) is 3.23. The smallest absolute Gasteiger partial charge is 0.374 e. The topological polar surface area (TPSA) is 94.9 Å². The number of rotatable bonds is 2. The van der Waals surface area contributed by atoms with Crippen molar-refractivity contribution in [2.45, 2.75) is 12.6 Å². The van der Waals surface area contributed by atoms with Crippen LogP contribution in [0.2, 0.25) is 0 Å². The van der Waals surface area contributed by atoms with Gasteiger partial charge in [0.2, 0.25) is 0 Å². The predicted molar refractivity (Wildman–Crippen MR) is 80.0 cm³/mol. The van der Waals surface area contributed by atoms with Crippen LogP contribution in [0.15, 0.2) is 12.1 Å². The van der Waals surface area contributed by atoms with Gasteiger partial charge in [0.05, 0.1) is 24.9 Å². The van der Waals surface area contributed by atoms with Gasteiger partial charge in [-0.05, 0) is 11.6 Å². The molecule has 2 aliphatic rings. The molecule has 0 radical (unpaired) electrons. The third-order valence-electron chi connectivity index (χ3n) is 3.75. The lowest BCUT2D eigenvalue weighted by atomic mass is 10.0. The molecular formula is C12H19ClN3O4P. The van der Waals surface area contributed by atoms with Gasteiger partial charge in [0.15, 0.2) is 5.44 Å². The van der Waals surface area contributed by atoms with Crippen LogP contribution < -0.4 is 10.8 Å². The Morgan fingerprint density at radius 3 is 2.71 bits per heavy atom. The maximum atomic E-state index is 11.4. The summed E-state index contributed by atoms with van der Waals surface area (Å²) in [4.78, 5) is 25.1. The fourth-order valence-corrected chi connectivity index (χ4v) is 3.23. The van der Waals surface area contributed by atoms with Crippen LogP contribution in [0.3, 0.4) is 0 Å². The zero-order chi connectivity index (χ0) is 14.2. The second kappa shape index (κ2) is 6.71. The number of morpholine rings is 1. The van der Waals surface area contributed by atoms with Gasteiger partial charge >= 0.3 is 7.60 Å². The number of hydrogen-bond acceptors (Lipinski definition) is 5. The largest absolute Gasteiger partial charge is 0.379 e. The fourth-order valence-electron chi connectivity index (χ4n) is 2.72. The fraction of sp³-hybridized carbons (Fsp3) is 0.583. The maximum absolute atomic E-state index is 11.4. The minimum atomic E-state index is -4.31. The van der Waals surface area contributed by atoms with Crippen molar-refractivity contribution < 1.29 is 19.1 Å². The Labute approximate surface area is 129 Å². The zero-order valence-electron chi connectivity index (χ0n) is 11.4. The molecule has 1 fully saturated rings. The highest BCUT2D eigenvalue weighted by Crippen LogP contribution is 2.34. The molecule has 0 bridgehead atoms. The zero-order valence-corrected chi connectivity index (χ0v) is 13.1. The predicted octanol–water partition coefficient (Wildman–Crippen LogP) is -0.217. The Morgan fingerprint density at radius 2 is 2.05 bits per heavy atom. The first kappa shape index (κ1) is 16.8. The van der Waals surface area contributed by atoms with Gasteiger partial charge in [-0.3, -0.25) is 9.46 Å². The van der Waals surface area contributed by atoms with E-state index < -0.39 is 7.60 Å². The van der Waals surface area contributed by atoms with E-state index in [-0.39, 0.29) is 23.9 Å². The van der Waals surface area contributed by atoms with Crippen LogP contribution in [0.5, 0.6) is 0 Å². The van der Waals surface area contributed by atoms with Crippen LogP contribution in [0.1, 0.15) is 17.3 Å². The highest BCUT2D eigenvalue weighted by Gasteiger charge is 2.30. The quantitative estimate of drug-likeness (QED) is 0.643. The standard InChI is InChI=1S/C12H18N3O4P.ClH/c16-20(17,18)11-2-1-9-7-13-8-10(12(9)14-11)15-3-5-19-6-4-15;/h1-2,10,13H,3-8H2,(H2,16,17,18);1H. The van der Waals surface area contributed by atoms with Crippen molar-refractivity contribution in [1.29, 1.82) is 0 Å². The normalized spacial score (nSPS) is 23.2. The van der Waals surface area contributed by atoms with Gasteiger partial charge in [0.25, 0.3) is 0 Å². The molecule has 3 heterocycles. The summed E-state index contributed by atoms with van der Waals surface area (Å²) in [6.45, 7) is 4.42. The van der Waals surface area contributed by atoms with Gasteiger partial charge in [0.1, 0.15) is 0 Å². The Kier molecular flexibility index (Phi) is 5.38. The molecule has 0 aromatic carbocycles. The minimum absolute atomic E-state index is 0. The highest BCUT2D eigenvalue weighted by molar-refractivity contribution is 7.60. The van der Waals surface area contributed by atoms with Crippen LogP contribution >= 0.6 is 20.0 Å². The number of nitrogens with zero attached hydrogens (tertiary/aromatic N) is 2. The lowest BCUT2D eigenvalue weighted by Crippen LogP contribution is -2.46. The molecule has 1 unspecified atom stereocenters. The third kappa shape index (κ3) is 3.63. The van der Waals surface area contributed by atoms with Crippen LogP contribution in [-0.2, 0) is 15.8 Å². The van der Waals surface area contributed by atoms with E-state index in [9.17, 15) is 14.4 Å². The second-order valence-corrected chi connectivity index (χ2v) is 6.60. The van der Waals surface area contributed by atoms with Crippen LogP contribution in [0, 0.1) is 0 Å². The molecule has 2 aliphatic heterocycles. The number of ether oxygens (including phenoxy) is 1. The van der Waals surface area contributed by atoms with Crippen LogP contribution in [0.4, 0.5) is 0 Å². The number of nitrogens with one attached hydrogen (secondary N) is 1. The second-order valence-electron chi connectivity index (χ2n) is 5.05. The summed E-state index contributed by atoms with van der Waals surface area (Å²) < 4.78 is 16.7. The molecule has 21 heavy (non-hydrogen) atoms. The molecule has 0 saturated carbocycles. The summed E-state index contributed by atoms with van der Waals surface area (Å²) in [5, 5.41) is 3.33. The Bertz CT molecular complexity index is 547. The Hall–Kier alpha value is -0.530. The summed E-state index contributed by atoms with van der Waals surface area (Å²) in [5.74, 6) is 0. The van der Waals surface area contributed by atoms with E-state index in [1.807, 2.05) is 0 Å². The van der Waals surface area contributed by atoms with Crippen molar-refractivity contribution in [3.8, 4) is 0 Å². The Morgan fingerprint density at radius 1 is 1.33 bits per heavy atom. The van der Waals surface area contributed by atoms with Gasteiger partial charge in [-0.2, -0.15) is 0 Å². The van der Waals surface area contributed by atoms with Crippen molar-refractivity contribution in [3.05, 3.63) is 23.4 Å². The number of hydrogen-bond donors (Lipinski definition) is 3. The molecule has 1 aromatic rings. The van der Waals surface area contributed by atoms with Gasteiger partial charge in [-0.25, -0.2) is 4.98 Å². The molecule has 1 saturated heterocycles. The van der Waals surface area contributed by atoms with E-state index in [4.69, 9.17) is 4.74 Å². The van der Waals surface area contributed by atoms with E-state index in [0.717, 1.165) is 30.9 Å². The van der Waals surface area contributed by atoms with E-state index in [1.165, 1.54) is 6.07 Å². The van der Waals surface area contributed by atoms with E-state index >= 15 is 0 Å². The van der Waals surface area contributed by atoms with Crippen molar-refractivity contribution in [2.75, 3.05) is 32.8 Å². The summed E-state index contributed by atoms with van der Waals surface area (Å²) in [6.07, 6.45) is 0. The Balaban J connectivity index is 0.00000161. The number of fused-ring (bicyclic) bond motifs is 1. The lowest BCUT2D eigenvalue weighted by Gasteiger charge is -2.37. The molecule has 0 aliphatic carbocycles. The van der Waals surface area contributed by atoms with Crippen molar-refractivity contribution in [3.63, 3.8) is 0 Å². The first-order valence-electron chi connectivity index (χ1n) is 6.64. The molecule has 3 N–H and O–H groups in total. The van der Waals surface area contributed by atoms with Crippen LogP contribution in [-0.4, -0.2) is 52.5 Å². The maximum Gasteiger partial charge on any atom is 0.374 e. The van der Waals surface area contributed by atoms with Crippen molar-refractivity contribution >= 4 is 25.4 Å². The number of pyridine rings is 1. The average Bonchev–Trinajstić information content (AvgIpc) is 2.46. The summed E-state index contributed by atoms with van der Waals surface area (Å²) >= 11 is 0. The van der Waals surface area contributed by atoms with Gasteiger partial charge < -0.3 is 19.8 Å². The van der Waals surface area contributed by atoms with Gasteiger partial charge in [-0.15, -0.1) is 12.4 Å². The molecule has 0 spiro atoms. The van der Waals surface area contributed by atoms with Crippen molar-refractivity contribution in [2.24, 2.45) is 0 Å². The first-order valence-corrected chi connectivity index (χ1v) is 8.25. The van der Waals surface area contributed by atoms with E-state index in [2.05, 4.69) is 15.2 Å². The van der Waals surface area contributed by atoms with Crippen molar-refractivity contribution in [1.82, 2.24) is 15.2 Å². The lowest BCUT2D eigenvalue weighted by molar-refractivity contribution is 0.0137. The molecule has 7 nitrogen and oxygen atoms in total. The highest BCUT2D eigenvalue weighted by atomic mass is 35.5. The summed E-state index contributed by atoms with van der Waals surface area (Å²) in [7, 11) is -4.31. The van der Waals surface area contributed by atoms with E-state index in [0.29, 0.717) is 19.8 Å². The molecule has 0 amide bonds. The molecule has 1 atom stereocenters. The molecule has 1 aromatic heterocycles. The van der Waals surface area contributed by atoms with Gasteiger partial charge in [0, 0.05) is 26.2 Å².